The molecule has 23 heavy (non-hydrogen) atoms. The maximum absolute atomic E-state index is 12.5. The largest absolute Gasteiger partial charge is 0.349 e. The molecule has 1 aliphatic carbocycles. The Labute approximate surface area is 138 Å². The maximum Gasteiger partial charge on any atom is 0.251 e. The van der Waals surface area contributed by atoms with Crippen LogP contribution in [0.1, 0.15) is 43.5 Å². The average molecular weight is 307 g/mol. The van der Waals surface area contributed by atoms with Gasteiger partial charge in [0.2, 0.25) is 0 Å². The Morgan fingerprint density at radius 2 is 1.57 bits per heavy atom. The van der Waals surface area contributed by atoms with Gasteiger partial charge in [-0.1, -0.05) is 69.2 Å². The first-order valence-corrected chi connectivity index (χ1v) is 8.61. The van der Waals surface area contributed by atoms with Crippen LogP contribution in [0.25, 0.3) is 11.1 Å². The molecular formula is C21H25NO. The Balaban J connectivity index is 1.68. The summed E-state index contributed by atoms with van der Waals surface area (Å²) in [5, 5.41) is 3.24. The molecular weight excluding hydrogens is 282 g/mol. The summed E-state index contributed by atoms with van der Waals surface area (Å²) in [5.74, 6) is 1.29. The molecule has 0 saturated heterocycles. The molecule has 1 aliphatic rings. The second-order valence-corrected chi connectivity index (χ2v) is 6.79. The van der Waals surface area contributed by atoms with Gasteiger partial charge in [0, 0.05) is 11.6 Å². The molecule has 0 heterocycles. The van der Waals surface area contributed by atoms with Crippen LogP contribution in [-0.2, 0) is 0 Å². The molecule has 2 aromatic rings. The van der Waals surface area contributed by atoms with Crippen molar-refractivity contribution in [3.8, 4) is 11.1 Å². The molecule has 0 unspecified atom stereocenters. The smallest absolute Gasteiger partial charge is 0.251 e. The Hall–Kier alpha value is -2.09. The molecule has 2 nitrogen and oxygen atoms in total. The van der Waals surface area contributed by atoms with E-state index < -0.39 is 0 Å². The molecule has 1 N–H and O–H groups in total. The standard InChI is InChI=1S/C21H25NO/c1-15-7-6-10-20(16(15)2)22-21(23)19-13-11-18(12-14-19)17-8-4-3-5-9-17/h3-5,8-9,11-16,20H,6-7,10H2,1-2H3,(H,22,23)/t15-,16+,20-/m0/s1. The monoisotopic (exact) mass is 307 g/mol. The second kappa shape index (κ2) is 6.99. The average Bonchev–Trinajstić information content (AvgIpc) is 2.60. The van der Waals surface area contributed by atoms with E-state index in [1.807, 2.05) is 42.5 Å². The van der Waals surface area contributed by atoms with Gasteiger partial charge >= 0.3 is 0 Å². The Kier molecular flexibility index (Phi) is 4.80. The summed E-state index contributed by atoms with van der Waals surface area (Å²) in [4.78, 5) is 12.5. The van der Waals surface area contributed by atoms with Gasteiger partial charge in [-0.25, -0.2) is 0 Å². The van der Waals surface area contributed by atoms with Gasteiger partial charge in [-0.2, -0.15) is 0 Å². The molecule has 3 atom stereocenters. The number of nitrogens with one attached hydrogen (secondary N) is 1. The molecule has 1 fully saturated rings. The highest BCUT2D eigenvalue weighted by molar-refractivity contribution is 5.94. The van der Waals surface area contributed by atoms with Crippen molar-refractivity contribution in [2.24, 2.45) is 11.8 Å². The molecule has 1 saturated carbocycles. The molecule has 120 valence electrons. The quantitative estimate of drug-likeness (QED) is 0.858. The minimum absolute atomic E-state index is 0.0514. The van der Waals surface area contributed by atoms with Gasteiger partial charge in [0.05, 0.1) is 0 Å². The first kappa shape index (κ1) is 15.8. The van der Waals surface area contributed by atoms with E-state index >= 15 is 0 Å². The van der Waals surface area contributed by atoms with Crippen LogP contribution in [0.5, 0.6) is 0 Å². The zero-order chi connectivity index (χ0) is 16.2. The Morgan fingerprint density at radius 3 is 2.26 bits per heavy atom. The van der Waals surface area contributed by atoms with E-state index in [2.05, 4.69) is 31.3 Å². The van der Waals surface area contributed by atoms with E-state index in [0.717, 1.165) is 17.5 Å². The van der Waals surface area contributed by atoms with Crippen LogP contribution in [0.4, 0.5) is 0 Å². The molecule has 0 bridgehead atoms. The van der Waals surface area contributed by atoms with Crippen LogP contribution in [0.3, 0.4) is 0 Å². The van der Waals surface area contributed by atoms with E-state index in [4.69, 9.17) is 0 Å². The van der Waals surface area contributed by atoms with Gasteiger partial charge in [0.25, 0.3) is 5.91 Å². The molecule has 0 aromatic heterocycles. The molecule has 0 radical (unpaired) electrons. The highest BCUT2D eigenvalue weighted by atomic mass is 16.1. The first-order chi connectivity index (χ1) is 11.1. The highest BCUT2D eigenvalue weighted by Crippen LogP contribution is 2.29. The first-order valence-electron chi connectivity index (χ1n) is 8.61. The van der Waals surface area contributed by atoms with Crippen molar-refractivity contribution in [1.29, 1.82) is 0 Å². The molecule has 0 spiro atoms. The number of amides is 1. The van der Waals surface area contributed by atoms with Gasteiger partial charge < -0.3 is 5.32 Å². The summed E-state index contributed by atoms with van der Waals surface area (Å²) in [6.07, 6.45) is 3.59. The fourth-order valence-corrected chi connectivity index (χ4v) is 3.48. The van der Waals surface area contributed by atoms with E-state index in [0.29, 0.717) is 17.9 Å². The van der Waals surface area contributed by atoms with Crippen molar-refractivity contribution in [1.82, 2.24) is 5.32 Å². The van der Waals surface area contributed by atoms with Crippen LogP contribution >= 0.6 is 0 Å². The number of carbonyl (C=O) groups is 1. The zero-order valence-electron chi connectivity index (χ0n) is 14.0. The fraction of sp³-hybridized carbons (Fsp3) is 0.381. The Morgan fingerprint density at radius 1 is 0.913 bits per heavy atom. The van der Waals surface area contributed by atoms with Crippen molar-refractivity contribution in [3.63, 3.8) is 0 Å². The van der Waals surface area contributed by atoms with Crippen LogP contribution in [0.15, 0.2) is 54.6 Å². The lowest BCUT2D eigenvalue weighted by Crippen LogP contribution is -2.43. The highest BCUT2D eigenvalue weighted by Gasteiger charge is 2.28. The minimum atomic E-state index is 0.0514. The third-order valence-corrected chi connectivity index (χ3v) is 5.28. The van der Waals surface area contributed by atoms with Crippen LogP contribution in [0.2, 0.25) is 0 Å². The van der Waals surface area contributed by atoms with E-state index in [9.17, 15) is 4.79 Å². The normalized spacial score (nSPS) is 24.2. The van der Waals surface area contributed by atoms with Crippen molar-refractivity contribution < 1.29 is 4.79 Å². The van der Waals surface area contributed by atoms with Crippen molar-refractivity contribution >= 4 is 5.91 Å². The maximum atomic E-state index is 12.5. The Bertz CT molecular complexity index is 647. The topological polar surface area (TPSA) is 29.1 Å². The zero-order valence-corrected chi connectivity index (χ0v) is 14.0. The van der Waals surface area contributed by atoms with Crippen molar-refractivity contribution in [2.45, 2.75) is 39.2 Å². The summed E-state index contributed by atoms with van der Waals surface area (Å²) < 4.78 is 0. The minimum Gasteiger partial charge on any atom is -0.349 e. The lowest BCUT2D eigenvalue weighted by atomic mass is 9.78. The number of rotatable bonds is 3. The third kappa shape index (κ3) is 3.64. The fourth-order valence-electron chi connectivity index (χ4n) is 3.48. The van der Waals surface area contributed by atoms with Gasteiger partial charge in [-0.15, -0.1) is 0 Å². The van der Waals surface area contributed by atoms with Gasteiger partial charge in [0.1, 0.15) is 0 Å². The predicted molar refractivity (Wildman–Crippen MR) is 95.3 cm³/mol. The van der Waals surface area contributed by atoms with E-state index in [-0.39, 0.29) is 5.91 Å². The number of hydrogen-bond donors (Lipinski definition) is 1. The summed E-state index contributed by atoms with van der Waals surface area (Å²) in [7, 11) is 0. The SMILES string of the molecule is C[C@H]1[C@@H](NC(=O)c2ccc(-c3ccccc3)cc2)CCC[C@@H]1C. The van der Waals surface area contributed by atoms with Crippen LogP contribution in [-0.4, -0.2) is 11.9 Å². The summed E-state index contributed by atoms with van der Waals surface area (Å²) in [6, 6.07) is 18.4. The van der Waals surface area contributed by atoms with Gasteiger partial charge in [-0.05, 0) is 41.5 Å². The van der Waals surface area contributed by atoms with Gasteiger partial charge in [-0.3, -0.25) is 4.79 Å². The van der Waals surface area contributed by atoms with E-state index in [1.54, 1.807) is 0 Å². The lowest BCUT2D eigenvalue weighted by molar-refractivity contribution is 0.0891. The number of carbonyl (C=O) groups excluding carboxylic acids is 1. The predicted octanol–water partition coefficient (Wildman–Crippen LogP) is 4.91. The third-order valence-electron chi connectivity index (χ3n) is 5.28. The summed E-state index contributed by atoms with van der Waals surface area (Å²) in [5.41, 5.74) is 3.06. The molecule has 1 amide bonds. The molecule has 0 aliphatic heterocycles. The molecule has 2 aromatic carbocycles. The molecule has 3 rings (SSSR count). The lowest BCUT2D eigenvalue weighted by Gasteiger charge is -2.34. The van der Waals surface area contributed by atoms with Crippen molar-refractivity contribution in [3.05, 3.63) is 60.2 Å². The molecule has 2 heteroatoms. The van der Waals surface area contributed by atoms with E-state index in [1.165, 1.54) is 18.4 Å². The van der Waals surface area contributed by atoms with Gasteiger partial charge in [0.15, 0.2) is 0 Å². The number of benzene rings is 2. The van der Waals surface area contributed by atoms with Crippen LogP contribution in [0, 0.1) is 11.8 Å². The second-order valence-electron chi connectivity index (χ2n) is 6.79. The summed E-state index contributed by atoms with van der Waals surface area (Å²) >= 11 is 0. The van der Waals surface area contributed by atoms with Crippen LogP contribution < -0.4 is 5.32 Å². The summed E-state index contributed by atoms with van der Waals surface area (Å²) in [6.45, 7) is 4.55. The number of hydrogen-bond acceptors (Lipinski definition) is 1. The van der Waals surface area contributed by atoms with Crippen molar-refractivity contribution in [2.75, 3.05) is 0 Å².